The third kappa shape index (κ3) is 4.14. The van der Waals surface area contributed by atoms with E-state index in [-0.39, 0.29) is 24.0 Å². The summed E-state index contributed by atoms with van der Waals surface area (Å²) in [4.78, 5) is 30.5. The average molecular weight is 381 g/mol. The Kier molecular flexibility index (Phi) is 5.53. The SMILES string of the molecule is O=C(N[C@@H]1CCOC[C@H]1Oc1ccccn1)c1ccc(N2CCCC2=O)cc1. The predicted molar refractivity (Wildman–Crippen MR) is 103 cm³/mol. The molecule has 2 atom stereocenters. The van der Waals surface area contributed by atoms with E-state index in [0.29, 0.717) is 37.5 Å². The Bertz CT molecular complexity index is 825. The molecule has 4 rings (SSSR count). The number of amides is 2. The molecule has 1 aromatic heterocycles. The molecule has 0 bridgehead atoms. The lowest BCUT2D eigenvalue weighted by molar-refractivity contribution is -0.117. The molecule has 3 heterocycles. The van der Waals surface area contributed by atoms with Gasteiger partial charge in [0.05, 0.1) is 12.6 Å². The molecule has 1 N–H and O–H groups in total. The van der Waals surface area contributed by atoms with Gasteiger partial charge in [0.2, 0.25) is 11.8 Å². The molecule has 146 valence electrons. The number of hydrogen-bond acceptors (Lipinski definition) is 5. The molecule has 0 radical (unpaired) electrons. The number of nitrogens with zero attached hydrogens (tertiary/aromatic N) is 2. The number of pyridine rings is 1. The van der Waals surface area contributed by atoms with Crippen LogP contribution < -0.4 is 15.0 Å². The number of benzene rings is 1. The summed E-state index contributed by atoms with van der Waals surface area (Å²) in [6, 6.07) is 12.5. The van der Waals surface area contributed by atoms with Crippen molar-refractivity contribution in [1.29, 1.82) is 0 Å². The second kappa shape index (κ2) is 8.39. The van der Waals surface area contributed by atoms with Crippen LogP contribution in [-0.4, -0.2) is 48.7 Å². The summed E-state index contributed by atoms with van der Waals surface area (Å²) in [5.41, 5.74) is 1.39. The number of hydrogen-bond donors (Lipinski definition) is 1. The smallest absolute Gasteiger partial charge is 0.251 e. The van der Waals surface area contributed by atoms with Crippen molar-refractivity contribution in [3.63, 3.8) is 0 Å². The summed E-state index contributed by atoms with van der Waals surface area (Å²) in [5, 5.41) is 3.05. The third-order valence-corrected chi connectivity index (χ3v) is 5.05. The predicted octanol–water partition coefficient (Wildman–Crippen LogP) is 2.17. The monoisotopic (exact) mass is 381 g/mol. The minimum atomic E-state index is -0.297. The maximum Gasteiger partial charge on any atom is 0.251 e. The van der Waals surface area contributed by atoms with Gasteiger partial charge >= 0.3 is 0 Å². The zero-order valence-corrected chi connectivity index (χ0v) is 15.5. The van der Waals surface area contributed by atoms with Crippen molar-refractivity contribution < 1.29 is 19.1 Å². The van der Waals surface area contributed by atoms with Gasteiger partial charge in [0.25, 0.3) is 5.91 Å². The van der Waals surface area contributed by atoms with Crippen molar-refractivity contribution in [3.8, 4) is 5.88 Å². The van der Waals surface area contributed by atoms with Gasteiger partial charge in [0.15, 0.2) is 0 Å². The highest BCUT2D eigenvalue weighted by Gasteiger charge is 2.29. The van der Waals surface area contributed by atoms with Gasteiger partial charge < -0.3 is 19.7 Å². The molecule has 2 amide bonds. The summed E-state index contributed by atoms with van der Waals surface area (Å²) in [7, 11) is 0. The summed E-state index contributed by atoms with van der Waals surface area (Å²) < 4.78 is 11.4. The van der Waals surface area contributed by atoms with Gasteiger partial charge in [-0.1, -0.05) is 6.07 Å². The molecule has 2 aliphatic rings. The Morgan fingerprint density at radius 3 is 2.79 bits per heavy atom. The Balaban J connectivity index is 1.40. The van der Waals surface area contributed by atoms with E-state index in [4.69, 9.17) is 9.47 Å². The zero-order chi connectivity index (χ0) is 19.3. The number of ether oxygens (including phenoxy) is 2. The van der Waals surface area contributed by atoms with Crippen LogP contribution in [0.5, 0.6) is 5.88 Å². The lowest BCUT2D eigenvalue weighted by Crippen LogP contribution is -2.51. The average Bonchev–Trinajstić information content (AvgIpc) is 3.16. The van der Waals surface area contributed by atoms with Crippen LogP contribution in [0.2, 0.25) is 0 Å². The van der Waals surface area contributed by atoms with E-state index in [2.05, 4.69) is 10.3 Å². The van der Waals surface area contributed by atoms with Crippen LogP contribution in [0.25, 0.3) is 0 Å². The van der Waals surface area contributed by atoms with Gasteiger partial charge in [-0.05, 0) is 43.2 Å². The third-order valence-electron chi connectivity index (χ3n) is 5.05. The van der Waals surface area contributed by atoms with Gasteiger partial charge in [-0.15, -0.1) is 0 Å². The summed E-state index contributed by atoms with van der Waals surface area (Å²) in [6.45, 7) is 1.71. The van der Waals surface area contributed by atoms with Crippen molar-refractivity contribution in [2.75, 3.05) is 24.7 Å². The molecule has 0 saturated carbocycles. The van der Waals surface area contributed by atoms with E-state index in [1.807, 2.05) is 24.3 Å². The molecule has 2 aromatic rings. The molecule has 2 fully saturated rings. The van der Waals surface area contributed by atoms with Gasteiger partial charge in [0, 0.05) is 43.1 Å². The van der Waals surface area contributed by atoms with Crippen molar-refractivity contribution in [1.82, 2.24) is 10.3 Å². The Morgan fingerprint density at radius 2 is 2.07 bits per heavy atom. The molecular weight excluding hydrogens is 358 g/mol. The minimum absolute atomic E-state index is 0.133. The lowest BCUT2D eigenvalue weighted by atomic mass is 10.0. The van der Waals surface area contributed by atoms with Gasteiger partial charge in [-0.2, -0.15) is 0 Å². The van der Waals surface area contributed by atoms with E-state index < -0.39 is 0 Å². The van der Waals surface area contributed by atoms with Gasteiger partial charge in [0.1, 0.15) is 6.10 Å². The van der Waals surface area contributed by atoms with Crippen molar-refractivity contribution >= 4 is 17.5 Å². The molecule has 2 aliphatic heterocycles. The fourth-order valence-corrected chi connectivity index (χ4v) is 3.53. The minimum Gasteiger partial charge on any atom is -0.470 e. The first-order valence-corrected chi connectivity index (χ1v) is 9.57. The first-order valence-electron chi connectivity index (χ1n) is 9.57. The first kappa shape index (κ1) is 18.4. The number of rotatable bonds is 5. The summed E-state index contributed by atoms with van der Waals surface area (Å²) in [6.07, 6.45) is 3.50. The fourth-order valence-electron chi connectivity index (χ4n) is 3.53. The van der Waals surface area contributed by atoms with Crippen LogP contribution in [0.15, 0.2) is 48.7 Å². The maximum atomic E-state index is 12.7. The summed E-state index contributed by atoms with van der Waals surface area (Å²) in [5.74, 6) is 0.478. The number of nitrogens with one attached hydrogen (secondary N) is 1. The van der Waals surface area contributed by atoms with Crippen LogP contribution in [0.4, 0.5) is 5.69 Å². The van der Waals surface area contributed by atoms with Crippen LogP contribution in [-0.2, 0) is 9.53 Å². The molecule has 28 heavy (non-hydrogen) atoms. The normalized spacial score (nSPS) is 22.1. The van der Waals surface area contributed by atoms with Gasteiger partial charge in [-0.3, -0.25) is 9.59 Å². The topological polar surface area (TPSA) is 80.8 Å². The van der Waals surface area contributed by atoms with E-state index in [1.165, 1.54) is 0 Å². The Hall–Kier alpha value is -2.93. The first-order chi connectivity index (χ1) is 13.7. The second-order valence-corrected chi connectivity index (χ2v) is 6.96. The maximum absolute atomic E-state index is 12.7. The van der Waals surface area contributed by atoms with Crippen LogP contribution in [0, 0.1) is 0 Å². The van der Waals surface area contributed by atoms with E-state index >= 15 is 0 Å². The molecule has 0 unspecified atom stereocenters. The van der Waals surface area contributed by atoms with E-state index in [0.717, 1.165) is 18.7 Å². The molecule has 0 spiro atoms. The second-order valence-electron chi connectivity index (χ2n) is 6.96. The number of carbonyl (C=O) groups excluding carboxylic acids is 2. The van der Waals surface area contributed by atoms with Crippen molar-refractivity contribution in [2.45, 2.75) is 31.4 Å². The number of anilines is 1. The largest absolute Gasteiger partial charge is 0.470 e. The molecule has 2 saturated heterocycles. The molecular formula is C21H23N3O4. The number of carbonyl (C=O) groups is 2. The Labute approximate surface area is 163 Å². The highest BCUT2D eigenvalue weighted by atomic mass is 16.5. The van der Waals surface area contributed by atoms with E-state index in [9.17, 15) is 9.59 Å². The van der Waals surface area contributed by atoms with Crippen LogP contribution in [0.1, 0.15) is 29.6 Å². The van der Waals surface area contributed by atoms with Crippen LogP contribution >= 0.6 is 0 Å². The summed E-state index contributed by atoms with van der Waals surface area (Å²) >= 11 is 0. The highest BCUT2D eigenvalue weighted by Crippen LogP contribution is 2.22. The number of aromatic nitrogens is 1. The fraction of sp³-hybridized carbons (Fsp3) is 0.381. The molecule has 0 aliphatic carbocycles. The zero-order valence-electron chi connectivity index (χ0n) is 15.5. The van der Waals surface area contributed by atoms with Crippen LogP contribution in [0.3, 0.4) is 0 Å². The standard InChI is InChI=1S/C21H23N3O4/c25-20-5-3-12-24(20)16-8-6-15(7-9-16)21(26)23-17-10-13-27-14-18(17)28-19-4-1-2-11-22-19/h1-2,4,6-9,11,17-18H,3,5,10,12-14H2,(H,23,26)/t17-,18-/m1/s1. The Morgan fingerprint density at radius 1 is 1.21 bits per heavy atom. The van der Waals surface area contributed by atoms with Gasteiger partial charge in [-0.25, -0.2) is 4.98 Å². The molecule has 1 aromatic carbocycles. The quantitative estimate of drug-likeness (QED) is 0.859. The van der Waals surface area contributed by atoms with Crippen molar-refractivity contribution in [2.24, 2.45) is 0 Å². The lowest BCUT2D eigenvalue weighted by Gasteiger charge is -2.32. The highest BCUT2D eigenvalue weighted by molar-refractivity contribution is 5.97. The van der Waals surface area contributed by atoms with Crippen molar-refractivity contribution in [3.05, 3.63) is 54.2 Å². The molecule has 7 nitrogen and oxygen atoms in total. The van der Waals surface area contributed by atoms with E-state index in [1.54, 1.807) is 29.3 Å². The molecule has 7 heteroatoms.